The van der Waals surface area contributed by atoms with E-state index < -0.39 is 11.5 Å². The van der Waals surface area contributed by atoms with Gasteiger partial charge in [-0.25, -0.2) is 13.6 Å². The van der Waals surface area contributed by atoms with Crippen molar-refractivity contribution in [2.75, 3.05) is 12.4 Å². The van der Waals surface area contributed by atoms with Gasteiger partial charge in [0.1, 0.15) is 30.4 Å². The van der Waals surface area contributed by atoms with E-state index in [1.807, 2.05) is 24.3 Å². The van der Waals surface area contributed by atoms with Crippen LogP contribution in [0.2, 0.25) is 0 Å². The molecule has 4 rings (SSSR count). The van der Waals surface area contributed by atoms with Crippen LogP contribution in [0.25, 0.3) is 27.7 Å². The maximum atomic E-state index is 12.8. The van der Waals surface area contributed by atoms with Crippen molar-refractivity contribution in [2.45, 2.75) is 18.3 Å². The first-order chi connectivity index (χ1) is 12.9. The Morgan fingerprint density at radius 3 is 2.93 bits per heavy atom. The number of rotatable bonds is 5. The molecule has 2 radical (unpaired) electrons. The van der Waals surface area contributed by atoms with Crippen LogP contribution in [-0.4, -0.2) is 48.9 Å². The molecule has 27 heavy (non-hydrogen) atoms. The summed E-state index contributed by atoms with van der Waals surface area (Å²) in [6, 6.07) is 7.44. The van der Waals surface area contributed by atoms with Gasteiger partial charge in [-0.05, 0) is 30.7 Å². The fraction of sp³-hybridized carbons (Fsp3) is 0.250. The van der Waals surface area contributed by atoms with Crippen molar-refractivity contribution in [1.82, 2.24) is 29.6 Å². The van der Waals surface area contributed by atoms with Gasteiger partial charge >= 0.3 is 0 Å². The van der Waals surface area contributed by atoms with E-state index in [2.05, 4.69) is 33.0 Å². The van der Waals surface area contributed by atoms with Crippen molar-refractivity contribution in [2.24, 2.45) is 0 Å². The normalized spacial score (nSPS) is 13.9. The number of thiol groups is 1. The van der Waals surface area contributed by atoms with Crippen LogP contribution < -0.4 is 10.5 Å². The van der Waals surface area contributed by atoms with Crippen molar-refractivity contribution in [1.29, 1.82) is 0 Å². The summed E-state index contributed by atoms with van der Waals surface area (Å²) in [6.45, 7) is 1.19. The Morgan fingerprint density at radius 1 is 1.37 bits per heavy atom. The second kappa shape index (κ2) is 6.41. The standard InChI is InChI=1S/C16H15BFN7OS/c1-16(17,27)26-14-13-10(4-6-25(13)22-15(19)20-14)9-2-3-11-12(8-9)24(7-5-18)23-21-11/h2-4,6,8,27H,5,7H2,1H3,(H2,19,22). The molecule has 1 atom stereocenters. The number of nitrogens with zero attached hydrogens (tertiary/aromatic N) is 6. The van der Waals surface area contributed by atoms with Crippen LogP contribution in [-0.2, 0) is 6.54 Å². The predicted octanol–water partition coefficient (Wildman–Crippen LogP) is 1.84. The van der Waals surface area contributed by atoms with Crippen LogP contribution in [0, 0.1) is 0 Å². The largest absolute Gasteiger partial charge is 0.470 e. The summed E-state index contributed by atoms with van der Waals surface area (Å²) < 4.78 is 21.5. The fourth-order valence-electron chi connectivity index (χ4n) is 2.89. The third-order valence-electron chi connectivity index (χ3n) is 3.92. The zero-order valence-corrected chi connectivity index (χ0v) is 15.3. The van der Waals surface area contributed by atoms with Gasteiger partial charge in [0.25, 0.3) is 0 Å². The molecule has 3 aromatic heterocycles. The van der Waals surface area contributed by atoms with E-state index in [9.17, 15) is 4.39 Å². The number of anilines is 1. The number of nitrogens with two attached hydrogens (primary N) is 1. The molecular formula is C16H15BFN7OS. The van der Waals surface area contributed by atoms with Crippen LogP contribution in [0.4, 0.5) is 10.3 Å². The van der Waals surface area contributed by atoms with E-state index in [0.717, 1.165) is 16.6 Å². The lowest BCUT2D eigenvalue weighted by Gasteiger charge is -2.21. The number of halogens is 1. The first kappa shape index (κ1) is 17.6. The third-order valence-corrected chi connectivity index (χ3v) is 4.01. The topological polar surface area (TPSA) is 96.2 Å². The highest BCUT2D eigenvalue weighted by atomic mass is 32.1. The van der Waals surface area contributed by atoms with Gasteiger partial charge in [-0.3, -0.25) is 0 Å². The van der Waals surface area contributed by atoms with Gasteiger partial charge < -0.3 is 10.5 Å². The zero-order chi connectivity index (χ0) is 19.2. The highest BCUT2D eigenvalue weighted by Crippen LogP contribution is 2.34. The maximum Gasteiger partial charge on any atom is 0.244 e. The van der Waals surface area contributed by atoms with E-state index in [1.54, 1.807) is 17.6 Å². The van der Waals surface area contributed by atoms with E-state index in [4.69, 9.17) is 18.3 Å². The van der Waals surface area contributed by atoms with Crippen LogP contribution in [0.3, 0.4) is 0 Å². The summed E-state index contributed by atoms with van der Waals surface area (Å²) in [6.07, 6.45) is 1.74. The molecule has 8 nitrogen and oxygen atoms in total. The van der Waals surface area contributed by atoms with Crippen molar-refractivity contribution < 1.29 is 9.13 Å². The number of hydrogen-bond donors (Lipinski definition) is 2. The van der Waals surface area contributed by atoms with Crippen LogP contribution in [0.5, 0.6) is 5.88 Å². The Hall–Kier alpha value is -2.82. The van der Waals surface area contributed by atoms with Gasteiger partial charge in [0.2, 0.25) is 11.8 Å². The summed E-state index contributed by atoms with van der Waals surface area (Å²) in [5.74, 6) is 0.246. The quantitative estimate of drug-likeness (QED) is 0.310. The van der Waals surface area contributed by atoms with Gasteiger partial charge in [0.05, 0.1) is 12.1 Å². The van der Waals surface area contributed by atoms with Gasteiger partial charge in [0.15, 0.2) is 0 Å². The number of hydrogen-bond acceptors (Lipinski definition) is 7. The molecule has 4 aromatic rings. The monoisotopic (exact) mass is 383 g/mol. The van der Waals surface area contributed by atoms with Crippen molar-refractivity contribution in [3.8, 4) is 17.0 Å². The average molecular weight is 383 g/mol. The number of aromatic nitrogens is 6. The number of benzene rings is 1. The summed E-state index contributed by atoms with van der Waals surface area (Å²) in [4.78, 5) is 2.91. The van der Waals surface area contributed by atoms with Crippen LogP contribution in [0.15, 0.2) is 30.5 Å². The predicted molar refractivity (Wildman–Crippen MR) is 104 cm³/mol. The molecule has 3 heterocycles. The van der Waals surface area contributed by atoms with Gasteiger partial charge in [0, 0.05) is 11.8 Å². The lowest BCUT2D eigenvalue weighted by Crippen LogP contribution is -2.26. The van der Waals surface area contributed by atoms with Crippen LogP contribution >= 0.6 is 12.6 Å². The van der Waals surface area contributed by atoms with E-state index in [0.29, 0.717) is 11.0 Å². The lowest BCUT2D eigenvalue weighted by molar-refractivity contribution is 0.262. The first-order valence-corrected chi connectivity index (χ1v) is 8.55. The Balaban J connectivity index is 1.91. The SMILES string of the molecule is [B]C(C)(S)Oc1nc(N)nn2ccc(-c3ccc4nnn(CCF)c4c3)c12. The molecule has 11 heteroatoms. The minimum Gasteiger partial charge on any atom is -0.470 e. The van der Waals surface area contributed by atoms with E-state index in [1.165, 1.54) is 4.68 Å². The summed E-state index contributed by atoms with van der Waals surface area (Å²) >= 11 is 4.19. The molecule has 2 N–H and O–H groups in total. The maximum absolute atomic E-state index is 12.8. The molecule has 136 valence electrons. The average Bonchev–Trinajstić information content (AvgIpc) is 3.17. The molecule has 0 aliphatic carbocycles. The highest BCUT2D eigenvalue weighted by Gasteiger charge is 2.21. The Kier molecular flexibility index (Phi) is 4.18. The molecule has 0 aliphatic heterocycles. The molecule has 1 unspecified atom stereocenters. The molecule has 0 saturated carbocycles. The Bertz CT molecular complexity index is 1140. The third kappa shape index (κ3) is 3.30. The Labute approximate surface area is 160 Å². The number of ether oxygens (including phenoxy) is 1. The second-order valence-electron chi connectivity index (χ2n) is 6.16. The minimum absolute atomic E-state index is 0.0397. The molecule has 0 spiro atoms. The van der Waals surface area contributed by atoms with Gasteiger partial charge in [-0.2, -0.15) is 4.98 Å². The number of nitrogen functional groups attached to an aromatic ring is 1. The molecule has 0 bridgehead atoms. The van der Waals surface area contributed by atoms with Crippen molar-refractivity contribution in [3.05, 3.63) is 30.5 Å². The molecule has 0 aliphatic rings. The second-order valence-corrected chi connectivity index (χ2v) is 7.05. The molecule has 1 aromatic carbocycles. The van der Waals surface area contributed by atoms with Crippen molar-refractivity contribution in [3.63, 3.8) is 0 Å². The summed E-state index contributed by atoms with van der Waals surface area (Å²) in [5, 5.41) is 12.2. The van der Waals surface area contributed by atoms with Gasteiger partial charge in [-0.1, -0.05) is 11.3 Å². The number of fused-ring (bicyclic) bond motifs is 2. The van der Waals surface area contributed by atoms with E-state index in [-0.39, 0.29) is 18.4 Å². The van der Waals surface area contributed by atoms with E-state index >= 15 is 0 Å². The minimum atomic E-state index is -1.25. The van der Waals surface area contributed by atoms with Crippen LogP contribution in [0.1, 0.15) is 6.92 Å². The zero-order valence-electron chi connectivity index (χ0n) is 14.4. The highest BCUT2D eigenvalue weighted by molar-refractivity contribution is 7.83. The molecular weight excluding hydrogens is 368 g/mol. The van der Waals surface area contributed by atoms with Gasteiger partial charge in [-0.15, -0.1) is 22.8 Å². The Morgan fingerprint density at radius 2 is 2.19 bits per heavy atom. The lowest BCUT2D eigenvalue weighted by atomic mass is 10.0. The first-order valence-electron chi connectivity index (χ1n) is 8.10. The number of alkyl halides is 1. The molecule has 0 fully saturated rings. The molecule has 0 amide bonds. The van der Waals surface area contributed by atoms with Crippen molar-refractivity contribution >= 4 is 43.0 Å². The summed E-state index contributed by atoms with van der Waals surface area (Å²) in [7, 11) is 5.86. The smallest absolute Gasteiger partial charge is 0.244 e. The number of aryl methyl sites for hydroxylation is 1. The fourth-order valence-corrected chi connectivity index (χ4v) is 2.97. The summed E-state index contributed by atoms with van der Waals surface area (Å²) in [5.41, 5.74) is 9.37. The molecule has 0 saturated heterocycles.